The van der Waals surface area contributed by atoms with Crippen molar-refractivity contribution in [1.82, 2.24) is 5.32 Å². The third kappa shape index (κ3) is 2.23. The fraction of sp³-hybridized carbons (Fsp3) is 0.455. The molecule has 3 heteroatoms. The number of rotatable bonds is 4. The average Bonchev–Trinajstić information content (AvgIpc) is 2.18. The van der Waals surface area contributed by atoms with E-state index in [1.807, 2.05) is 14.0 Å². The summed E-state index contributed by atoms with van der Waals surface area (Å²) in [6, 6.07) is 3.12. The number of hydrogen-bond donors (Lipinski definition) is 1. The van der Waals surface area contributed by atoms with Crippen LogP contribution in [0.25, 0.3) is 0 Å². The Balaban J connectivity index is 2.99. The minimum Gasteiger partial charge on any atom is -0.496 e. The molecule has 0 heterocycles. The maximum Gasteiger partial charge on any atom is 0.126 e. The lowest BCUT2D eigenvalue weighted by atomic mass is 10.0. The topological polar surface area (TPSA) is 21.3 Å². The molecule has 1 aromatic rings. The van der Waals surface area contributed by atoms with E-state index in [2.05, 4.69) is 5.32 Å². The van der Waals surface area contributed by atoms with Gasteiger partial charge in [-0.05, 0) is 50.2 Å². The van der Waals surface area contributed by atoms with Gasteiger partial charge in [0.15, 0.2) is 0 Å². The van der Waals surface area contributed by atoms with Crippen LogP contribution in [0.3, 0.4) is 0 Å². The third-order valence-corrected chi connectivity index (χ3v) is 2.34. The normalized spacial score (nSPS) is 10.3. The van der Waals surface area contributed by atoms with Crippen LogP contribution in [0, 0.1) is 12.7 Å². The van der Waals surface area contributed by atoms with Crippen molar-refractivity contribution < 1.29 is 9.13 Å². The Bertz CT molecular complexity index is 312. The molecule has 0 aliphatic heterocycles. The summed E-state index contributed by atoms with van der Waals surface area (Å²) in [5, 5.41) is 3.00. The van der Waals surface area contributed by atoms with Crippen LogP contribution in [-0.2, 0) is 6.42 Å². The first-order valence-corrected chi connectivity index (χ1v) is 4.67. The smallest absolute Gasteiger partial charge is 0.126 e. The first-order valence-electron chi connectivity index (χ1n) is 4.67. The molecule has 0 aliphatic carbocycles. The van der Waals surface area contributed by atoms with Gasteiger partial charge in [0.2, 0.25) is 0 Å². The fourth-order valence-corrected chi connectivity index (χ4v) is 1.48. The van der Waals surface area contributed by atoms with Crippen LogP contribution in [0.4, 0.5) is 4.39 Å². The summed E-state index contributed by atoms with van der Waals surface area (Å²) in [6.45, 7) is 2.65. The summed E-state index contributed by atoms with van der Waals surface area (Å²) >= 11 is 0. The maximum absolute atomic E-state index is 13.4. The molecule has 0 aliphatic rings. The van der Waals surface area contributed by atoms with Gasteiger partial charge in [0.05, 0.1) is 7.11 Å². The largest absolute Gasteiger partial charge is 0.496 e. The molecule has 1 N–H and O–H groups in total. The highest BCUT2D eigenvalue weighted by atomic mass is 19.1. The molecule has 0 atom stereocenters. The summed E-state index contributed by atoms with van der Waals surface area (Å²) < 4.78 is 18.5. The molecule has 0 radical (unpaired) electrons. The highest BCUT2D eigenvalue weighted by Gasteiger charge is 2.09. The Kier molecular flexibility index (Phi) is 3.89. The Morgan fingerprint density at radius 2 is 2.14 bits per heavy atom. The van der Waals surface area contributed by atoms with Gasteiger partial charge in [-0.3, -0.25) is 0 Å². The zero-order chi connectivity index (χ0) is 10.6. The van der Waals surface area contributed by atoms with Crippen LogP contribution in [0.1, 0.15) is 11.1 Å². The van der Waals surface area contributed by atoms with E-state index in [4.69, 9.17) is 4.74 Å². The van der Waals surface area contributed by atoms with E-state index in [0.29, 0.717) is 6.42 Å². The predicted octanol–water partition coefficient (Wildman–Crippen LogP) is 1.90. The van der Waals surface area contributed by atoms with Crippen LogP contribution in [-0.4, -0.2) is 20.7 Å². The van der Waals surface area contributed by atoms with Gasteiger partial charge in [-0.1, -0.05) is 0 Å². The summed E-state index contributed by atoms with van der Waals surface area (Å²) in [5.74, 6) is 0.594. The molecule has 2 nitrogen and oxygen atoms in total. The van der Waals surface area contributed by atoms with Crippen molar-refractivity contribution in [2.45, 2.75) is 13.3 Å². The minimum atomic E-state index is -0.154. The second kappa shape index (κ2) is 4.96. The zero-order valence-corrected chi connectivity index (χ0v) is 8.86. The van der Waals surface area contributed by atoms with E-state index in [1.54, 1.807) is 13.2 Å². The van der Waals surface area contributed by atoms with Crippen molar-refractivity contribution in [3.8, 4) is 5.75 Å². The molecule has 0 saturated heterocycles. The second-order valence-electron chi connectivity index (χ2n) is 3.21. The molecule has 0 unspecified atom stereocenters. The Labute approximate surface area is 84.1 Å². The van der Waals surface area contributed by atoms with Gasteiger partial charge < -0.3 is 10.1 Å². The molecule has 1 aromatic carbocycles. The van der Waals surface area contributed by atoms with Crippen molar-refractivity contribution in [3.63, 3.8) is 0 Å². The van der Waals surface area contributed by atoms with Crippen molar-refractivity contribution in [2.24, 2.45) is 0 Å². The summed E-state index contributed by atoms with van der Waals surface area (Å²) in [5.41, 5.74) is 1.63. The van der Waals surface area contributed by atoms with Crippen LogP contribution < -0.4 is 10.1 Å². The number of ether oxygens (including phenoxy) is 1. The lowest BCUT2D eigenvalue weighted by molar-refractivity contribution is 0.409. The van der Waals surface area contributed by atoms with E-state index in [-0.39, 0.29) is 5.82 Å². The van der Waals surface area contributed by atoms with Gasteiger partial charge in [-0.25, -0.2) is 4.39 Å². The van der Waals surface area contributed by atoms with Gasteiger partial charge in [0.1, 0.15) is 11.6 Å². The third-order valence-electron chi connectivity index (χ3n) is 2.34. The number of nitrogens with one attached hydrogen (secondary N) is 1. The van der Waals surface area contributed by atoms with Gasteiger partial charge in [-0.15, -0.1) is 0 Å². The molecule has 1 rings (SSSR count). The average molecular weight is 197 g/mol. The fourth-order valence-electron chi connectivity index (χ4n) is 1.48. The Morgan fingerprint density at radius 3 is 2.71 bits per heavy atom. The molecule has 0 saturated carbocycles. The predicted molar refractivity (Wildman–Crippen MR) is 55.3 cm³/mol. The van der Waals surface area contributed by atoms with E-state index in [0.717, 1.165) is 23.4 Å². The minimum absolute atomic E-state index is 0.154. The number of likely N-dealkylation sites (N-methyl/N-ethyl adjacent to an activating group) is 1. The highest BCUT2D eigenvalue weighted by molar-refractivity contribution is 5.40. The second-order valence-corrected chi connectivity index (χ2v) is 3.21. The number of benzene rings is 1. The molecular formula is C11H16FNO. The molecule has 78 valence electrons. The van der Waals surface area contributed by atoms with E-state index in [1.165, 1.54) is 6.07 Å². The van der Waals surface area contributed by atoms with Crippen LogP contribution >= 0.6 is 0 Å². The van der Waals surface area contributed by atoms with Crippen molar-refractivity contribution >= 4 is 0 Å². The van der Waals surface area contributed by atoms with Crippen LogP contribution in [0.2, 0.25) is 0 Å². The highest BCUT2D eigenvalue weighted by Crippen LogP contribution is 2.23. The molecule has 0 aromatic heterocycles. The maximum atomic E-state index is 13.4. The molecule has 0 bridgehead atoms. The first-order chi connectivity index (χ1) is 6.70. The zero-order valence-electron chi connectivity index (χ0n) is 8.86. The van der Waals surface area contributed by atoms with Crippen molar-refractivity contribution in [3.05, 3.63) is 29.1 Å². The molecule has 0 spiro atoms. The number of methoxy groups -OCH3 is 1. The van der Waals surface area contributed by atoms with Crippen molar-refractivity contribution in [2.75, 3.05) is 20.7 Å². The van der Waals surface area contributed by atoms with Gasteiger partial charge in [0, 0.05) is 0 Å². The standard InChI is InChI=1S/C11H16FNO/c1-8-9(6-7-13-2)10(12)4-5-11(8)14-3/h4-5,13H,6-7H2,1-3H3. The first kappa shape index (κ1) is 11.0. The lowest BCUT2D eigenvalue weighted by Crippen LogP contribution is -2.12. The van der Waals surface area contributed by atoms with Gasteiger partial charge in [0.25, 0.3) is 0 Å². The number of halogens is 1. The SMILES string of the molecule is CNCCc1c(F)ccc(OC)c1C. The summed E-state index contributed by atoms with van der Waals surface area (Å²) in [4.78, 5) is 0. The van der Waals surface area contributed by atoms with Crippen molar-refractivity contribution in [1.29, 1.82) is 0 Å². The quantitative estimate of drug-likeness (QED) is 0.796. The number of hydrogen-bond acceptors (Lipinski definition) is 2. The monoisotopic (exact) mass is 197 g/mol. The molecule has 0 fully saturated rings. The Hall–Kier alpha value is -1.09. The van der Waals surface area contributed by atoms with Crippen LogP contribution in [0.5, 0.6) is 5.75 Å². The van der Waals surface area contributed by atoms with Crippen LogP contribution in [0.15, 0.2) is 12.1 Å². The molecular weight excluding hydrogens is 181 g/mol. The molecule has 14 heavy (non-hydrogen) atoms. The van der Waals surface area contributed by atoms with E-state index in [9.17, 15) is 4.39 Å². The summed E-state index contributed by atoms with van der Waals surface area (Å²) in [7, 11) is 3.45. The van der Waals surface area contributed by atoms with Gasteiger partial charge >= 0.3 is 0 Å². The lowest BCUT2D eigenvalue weighted by Gasteiger charge is -2.11. The summed E-state index contributed by atoms with van der Waals surface area (Å²) in [6.07, 6.45) is 0.686. The Morgan fingerprint density at radius 1 is 1.43 bits per heavy atom. The van der Waals surface area contributed by atoms with E-state index < -0.39 is 0 Å². The van der Waals surface area contributed by atoms with E-state index >= 15 is 0 Å². The molecule has 0 amide bonds. The van der Waals surface area contributed by atoms with Gasteiger partial charge in [-0.2, -0.15) is 0 Å².